The monoisotopic (exact) mass is 219 g/mol. The summed E-state index contributed by atoms with van der Waals surface area (Å²) in [5.74, 6) is 1.82. The van der Waals surface area contributed by atoms with Crippen molar-refractivity contribution in [3.8, 4) is 0 Å². The van der Waals surface area contributed by atoms with Crippen LogP contribution < -0.4 is 10.6 Å². The summed E-state index contributed by atoms with van der Waals surface area (Å²) in [4.78, 5) is 6.73. The van der Waals surface area contributed by atoms with Crippen molar-refractivity contribution in [2.45, 2.75) is 33.1 Å². The van der Waals surface area contributed by atoms with Crippen LogP contribution in [0.1, 0.15) is 31.7 Å². The number of hydrogen-bond acceptors (Lipinski definition) is 3. The van der Waals surface area contributed by atoms with Crippen molar-refractivity contribution in [3.05, 3.63) is 17.8 Å². The molecule has 2 rings (SSSR count). The maximum absolute atomic E-state index is 6.09. The fourth-order valence-corrected chi connectivity index (χ4v) is 2.16. The molecule has 3 heteroatoms. The molecule has 0 spiro atoms. The van der Waals surface area contributed by atoms with Gasteiger partial charge in [-0.15, -0.1) is 0 Å². The molecule has 3 nitrogen and oxygen atoms in total. The van der Waals surface area contributed by atoms with Crippen molar-refractivity contribution >= 4 is 11.5 Å². The first kappa shape index (κ1) is 11.2. The Morgan fingerprint density at radius 2 is 2.25 bits per heavy atom. The fourth-order valence-electron chi connectivity index (χ4n) is 2.16. The zero-order chi connectivity index (χ0) is 11.5. The number of aryl methyl sites for hydroxylation is 1. The summed E-state index contributed by atoms with van der Waals surface area (Å²) in [7, 11) is 0. The second-order valence-corrected chi connectivity index (χ2v) is 4.70. The number of rotatable bonds is 4. The lowest BCUT2D eigenvalue weighted by Gasteiger charge is -2.33. The molecule has 88 valence electrons. The topological polar surface area (TPSA) is 42.2 Å². The van der Waals surface area contributed by atoms with Gasteiger partial charge in [0.15, 0.2) is 5.82 Å². The second kappa shape index (κ2) is 4.73. The van der Waals surface area contributed by atoms with Gasteiger partial charge >= 0.3 is 0 Å². The Kier molecular flexibility index (Phi) is 3.32. The van der Waals surface area contributed by atoms with Gasteiger partial charge in [0.25, 0.3) is 0 Å². The van der Waals surface area contributed by atoms with Crippen molar-refractivity contribution in [3.63, 3.8) is 0 Å². The molecule has 0 radical (unpaired) electrons. The first-order valence-corrected chi connectivity index (χ1v) is 6.18. The van der Waals surface area contributed by atoms with Crippen molar-refractivity contribution in [2.75, 3.05) is 23.7 Å². The third-order valence-corrected chi connectivity index (χ3v) is 3.57. The van der Waals surface area contributed by atoms with Crippen LogP contribution in [-0.2, 0) is 0 Å². The molecule has 1 aliphatic carbocycles. The first-order chi connectivity index (χ1) is 7.72. The van der Waals surface area contributed by atoms with Crippen molar-refractivity contribution in [1.82, 2.24) is 4.98 Å². The number of hydrogen-bond donors (Lipinski definition) is 1. The van der Waals surface area contributed by atoms with E-state index in [0.717, 1.165) is 36.1 Å². The number of anilines is 2. The normalized spacial score (nSPS) is 15.9. The summed E-state index contributed by atoms with van der Waals surface area (Å²) >= 11 is 0. The van der Waals surface area contributed by atoms with E-state index >= 15 is 0 Å². The summed E-state index contributed by atoms with van der Waals surface area (Å²) in [5, 5.41) is 0. The van der Waals surface area contributed by atoms with Crippen molar-refractivity contribution in [2.24, 2.45) is 5.92 Å². The Morgan fingerprint density at radius 1 is 1.50 bits per heavy atom. The Balaban J connectivity index is 2.15. The Bertz CT molecular complexity index is 358. The molecule has 1 aromatic heterocycles. The van der Waals surface area contributed by atoms with Crippen LogP contribution >= 0.6 is 0 Å². The SMILES string of the molecule is CCN(CC1CCC1)c1nccc(C)c1N. The predicted molar refractivity (Wildman–Crippen MR) is 68.6 cm³/mol. The maximum Gasteiger partial charge on any atom is 0.152 e. The van der Waals surface area contributed by atoms with Crippen LogP contribution in [0.3, 0.4) is 0 Å². The zero-order valence-corrected chi connectivity index (χ0v) is 10.2. The average Bonchev–Trinajstić information content (AvgIpc) is 2.22. The maximum atomic E-state index is 6.09. The highest BCUT2D eigenvalue weighted by atomic mass is 15.2. The lowest BCUT2D eigenvalue weighted by Crippen LogP contribution is -2.33. The summed E-state index contributed by atoms with van der Waals surface area (Å²) < 4.78 is 0. The van der Waals surface area contributed by atoms with E-state index in [1.165, 1.54) is 19.3 Å². The highest BCUT2D eigenvalue weighted by molar-refractivity contribution is 5.66. The summed E-state index contributed by atoms with van der Waals surface area (Å²) in [6, 6.07) is 1.97. The summed E-state index contributed by atoms with van der Waals surface area (Å²) in [6.07, 6.45) is 5.97. The van der Waals surface area contributed by atoms with Gasteiger partial charge in [0, 0.05) is 19.3 Å². The largest absolute Gasteiger partial charge is 0.396 e. The van der Waals surface area contributed by atoms with Crippen LogP contribution in [-0.4, -0.2) is 18.1 Å². The van der Waals surface area contributed by atoms with Crippen LogP contribution in [0.4, 0.5) is 11.5 Å². The molecule has 0 unspecified atom stereocenters. The van der Waals surface area contributed by atoms with Gasteiger partial charge in [0.2, 0.25) is 0 Å². The number of nitrogens with zero attached hydrogens (tertiary/aromatic N) is 2. The number of nitrogen functional groups attached to an aromatic ring is 1. The third kappa shape index (κ3) is 2.13. The molecule has 0 saturated heterocycles. The molecule has 16 heavy (non-hydrogen) atoms. The highest BCUT2D eigenvalue weighted by Crippen LogP contribution is 2.30. The highest BCUT2D eigenvalue weighted by Gasteiger charge is 2.21. The zero-order valence-electron chi connectivity index (χ0n) is 10.2. The van der Waals surface area contributed by atoms with Gasteiger partial charge in [-0.25, -0.2) is 4.98 Å². The molecular formula is C13H21N3. The van der Waals surface area contributed by atoms with Crippen LogP contribution in [0.25, 0.3) is 0 Å². The predicted octanol–water partition coefficient (Wildman–Crippen LogP) is 2.60. The Hall–Kier alpha value is -1.25. The minimum Gasteiger partial charge on any atom is -0.396 e. The number of pyridine rings is 1. The quantitative estimate of drug-likeness (QED) is 0.846. The van der Waals surface area contributed by atoms with Crippen LogP contribution in [0.5, 0.6) is 0 Å². The second-order valence-electron chi connectivity index (χ2n) is 4.70. The summed E-state index contributed by atoms with van der Waals surface area (Å²) in [5.41, 5.74) is 8.05. The first-order valence-electron chi connectivity index (χ1n) is 6.18. The van der Waals surface area contributed by atoms with Crippen molar-refractivity contribution < 1.29 is 0 Å². The van der Waals surface area contributed by atoms with Gasteiger partial charge < -0.3 is 10.6 Å². The van der Waals surface area contributed by atoms with Gasteiger partial charge in [-0.3, -0.25) is 0 Å². The molecular weight excluding hydrogens is 198 g/mol. The van der Waals surface area contributed by atoms with E-state index in [-0.39, 0.29) is 0 Å². The Morgan fingerprint density at radius 3 is 2.81 bits per heavy atom. The summed E-state index contributed by atoms with van der Waals surface area (Å²) in [6.45, 7) is 6.30. The van der Waals surface area contributed by atoms with Gasteiger partial charge in [-0.05, 0) is 44.2 Å². The lowest BCUT2D eigenvalue weighted by molar-refractivity contribution is 0.318. The standard InChI is InChI=1S/C13H21N3/c1-3-16(9-11-5-4-6-11)13-12(14)10(2)7-8-15-13/h7-8,11H,3-6,9,14H2,1-2H3. The molecule has 2 N–H and O–H groups in total. The molecule has 1 saturated carbocycles. The molecule has 1 fully saturated rings. The van der Waals surface area contributed by atoms with Crippen LogP contribution in [0, 0.1) is 12.8 Å². The minimum absolute atomic E-state index is 0.837. The Labute approximate surface area is 97.7 Å². The molecule has 0 aromatic carbocycles. The lowest BCUT2D eigenvalue weighted by atomic mass is 9.85. The van der Waals surface area contributed by atoms with Crippen LogP contribution in [0.15, 0.2) is 12.3 Å². The number of nitrogens with two attached hydrogens (primary N) is 1. The van der Waals surface area contributed by atoms with Gasteiger partial charge in [-0.2, -0.15) is 0 Å². The minimum atomic E-state index is 0.837. The van der Waals surface area contributed by atoms with E-state index in [4.69, 9.17) is 5.73 Å². The van der Waals surface area contributed by atoms with E-state index in [1.807, 2.05) is 19.2 Å². The molecule has 1 aliphatic rings. The molecule has 0 bridgehead atoms. The number of aromatic nitrogens is 1. The van der Waals surface area contributed by atoms with E-state index in [0.29, 0.717) is 0 Å². The van der Waals surface area contributed by atoms with E-state index in [2.05, 4.69) is 16.8 Å². The van der Waals surface area contributed by atoms with Gasteiger partial charge in [0.05, 0.1) is 5.69 Å². The van der Waals surface area contributed by atoms with Crippen LogP contribution in [0.2, 0.25) is 0 Å². The molecule has 0 aliphatic heterocycles. The van der Waals surface area contributed by atoms with E-state index in [1.54, 1.807) is 0 Å². The smallest absolute Gasteiger partial charge is 0.152 e. The fraction of sp³-hybridized carbons (Fsp3) is 0.615. The molecule has 0 amide bonds. The molecule has 1 aromatic rings. The van der Waals surface area contributed by atoms with Gasteiger partial charge in [-0.1, -0.05) is 6.42 Å². The third-order valence-electron chi connectivity index (χ3n) is 3.57. The average molecular weight is 219 g/mol. The van der Waals surface area contributed by atoms with E-state index in [9.17, 15) is 0 Å². The molecule has 1 heterocycles. The van der Waals surface area contributed by atoms with Gasteiger partial charge in [0.1, 0.15) is 0 Å². The molecule has 0 atom stereocenters. The van der Waals surface area contributed by atoms with E-state index < -0.39 is 0 Å². The van der Waals surface area contributed by atoms with Crippen molar-refractivity contribution in [1.29, 1.82) is 0 Å².